The molecule has 1 amide bonds. The number of nitrogens with zero attached hydrogens (tertiary/aromatic N) is 3. The first kappa shape index (κ1) is 18.6. The van der Waals surface area contributed by atoms with Gasteiger partial charge in [-0.2, -0.15) is 8.42 Å². The van der Waals surface area contributed by atoms with E-state index in [0.717, 1.165) is 8.61 Å². The standard InChI is InChI=1S/C17H18N4O5S/c1-12(2)20-17(22)13-7-3-5-9-15(13)19(27(20,25)26)11-18-14-8-4-6-10-16(14)21(23)24/h3-10,12,18H,11H2,1-2H3. The third kappa shape index (κ3) is 3.19. The van der Waals surface area contributed by atoms with E-state index in [4.69, 9.17) is 0 Å². The Kier molecular flexibility index (Phi) is 4.75. The summed E-state index contributed by atoms with van der Waals surface area (Å²) < 4.78 is 27.9. The number of carbonyl (C=O) groups excluding carboxylic acids is 1. The lowest BCUT2D eigenvalue weighted by Gasteiger charge is -2.38. The first-order valence-corrected chi connectivity index (χ1v) is 9.57. The highest BCUT2D eigenvalue weighted by Gasteiger charge is 2.42. The van der Waals surface area contributed by atoms with E-state index in [0.29, 0.717) is 0 Å². The zero-order chi connectivity index (χ0) is 19.8. The second kappa shape index (κ2) is 6.88. The largest absolute Gasteiger partial charge is 0.361 e. The Bertz CT molecular complexity index is 1010. The number of nitrogens with one attached hydrogen (secondary N) is 1. The highest BCUT2D eigenvalue weighted by Crippen LogP contribution is 2.33. The van der Waals surface area contributed by atoms with Gasteiger partial charge in [-0.05, 0) is 32.0 Å². The molecule has 0 bridgehead atoms. The number of carbonyl (C=O) groups is 1. The Labute approximate surface area is 156 Å². The van der Waals surface area contributed by atoms with Crippen molar-refractivity contribution in [3.63, 3.8) is 0 Å². The molecule has 0 aromatic heterocycles. The van der Waals surface area contributed by atoms with Gasteiger partial charge in [0, 0.05) is 12.1 Å². The highest BCUT2D eigenvalue weighted by atomic mass is 32.2. The van der Waals surface area contributed by atoms with Gasteiger partial charge in [-0.25, -0.2) is 8.61 Å². The third-order valence-electron chi connectivity index (χ3n) is 4.11. The van der Waals surface area contributed by atoms with Gasteiger partial charge >= 0.3 is 10.2 Å². The number of para-hydroxylation sites is 3. The van der Waals surface area contributed by atoms with Crippen LogP contribution in [0.15, 0.2) is 48.5 Å². The number of benzene rings is 2. The van der Waals surface area contributed by atoms with Crippen LogP contribution in [0.2, 0.25) is 0 Å². The maximum absolute atomic E-state index is 13.0. The van der Waals surface area contributed by atoms with Crippen LogP contribution in [-0.2, 0) is 10.2 Å². The summed E-state index contributed by atoms with van der Waals surface area (Å²) in [5.41, 5.74) is 0.496. The van der Waals surface area contributed by atoms with Crippen LogP contribution >= 0.6 is 0 Å². The molecule has 9 nitrogen and oxygen atoms in total. The smallest absolute Gasteiger partial charge is 0.330 e. The second-order valence-electron chi connectivity index (χ2n) is 6.18. The highest BCUT2D eigenvalue weighted by molar-refractivity contribution is 7.91. The van der Waals surface area contributed by atoms with E-state index in [-0.39, 0.29) is 29.3 Å². The molecule has 0 unspecified atom stereocenters. The van der Waals surface area contributed by atoms with E-state index in [1.807, 2.05) is 0 Å². The molecule has 1 aliphatic rings. The Morgan fingerprint density at radius 2 is 1.74 bits per heavy atom. The number of nitro groups is 1. The van der Waals surface area contributed by atoms with Crippen molar-refractivity contribution in [1.82, 2.24) is 4.31 Å². The molecule has 0 saturated carbocycles. The van der Waals surface area contributed by atoms with Crippen molar-refractivity contribution in [2.75, 3.05) is 16.3 Å². The van der Waals surface area contributed by atoms with E-state index in [9.17, 15) is 23.3 Å². The molecule has 27 heavy (non-hydrogen) atoms. The van der Waals surface area contributed by atoms with E-state index in [2.05, 4.69) is 5.32 Å². The summed E-state index contributed by atoms with van der Waals surface area (Å²) in [5, 5.41) is 14.0. The number of amides is 1. The minimum Gasteiger partial charge on any atom is -0.361 e. The summed E-state index contributed by atoms with van der Waals surface area (Å²) in [6.07, 6.45) is 0. The molecule has 10 heteroatoms. The molecule has 0 atom stereocenters. The predicted molar refractivity (Wildman–Crippen MR) is 101 cm³/mol. The molecule has 1 N–H and O–H groups in total. The summed E-state index contributed by atoms with van der Waals surface area (Å²) in [6.45, 7) is 2.95. The number of fused-ring (bicyclic) bond motifs is 1. The summed E-state index contributed by atoms with van der Waals surface area (Å²) in [6, 6.07) is 11.7. The fourth-order valence-corrected chi connectivity index (χ4v) is 4.62. The van der Waals surface area contributed by atoms with Crippen molar-refractivity contribution >= 4 is 33.2 Å². The van der Waals surface area contributed by atoms with E-state index >= 15 is 0 Å². The minimum absolute atomic E-state index is 0.169. The van der Waals surface area contributed by atoms with E-state index in [1.165, 1.54) is 24.3 Å². The van der Waals surface area contributed by atoms with Gasteiger partial charge in [-0.15, -0.1) is 0 Å². The molecule has 1 heterocycles. The van der Waals surface area contributed by atoms with Crippen LogP contribution in [0.3, 0.4) is 0 Å². The Morgan fingerprint density at radius 3 is 2.41 bits per heavy atom. The van der Waals surface area contributed by atoms with Crippen LogP contribution in [0.1, 0.15) is 24.2 Å². The van der Waals surface area contributed by atoms with Crippen LogP contribution in [0.4, 0.5) is 17.1 Å². The molecule has 3 rings (SSSR count). The zero-order valence-electron chi connectivity index (χ0n) is 14.7. The maximum atomic E-state index is 13.0. The summed E-state index contributed by atoms with van der Waals surface area (Å²) in [4.78, 5) is 23.3. The van der Waals surface area contributed by atoms with Crippen molar-refractivity contribution in [3.8, 4) is 0 Å². The van der Waals surface area contributed by atoms with Gasteiger partial charge < -0.3 is 5.32 Å². The van der Waals surface area contributed by atoms with E-state index < -0.39 is 27.1 Å². The Balaban J connectivity index is 2.02. The molecule has 0 saturated heterocycles. The molecular formula is C17H18N4O5S. The summed E-state index contributed by atoms with van der Waals surface area (Å²) in [5.74, 6) is -0.595. The molecule has 142 valence electrons. The van der Waals surface area contributed by atoms with Crippen molar-refractivity contribution in [3.05, 3.63) is 64.2 Å². The number of hydrogen-bond donors (Lipinski definition) is 1. The quantitative estimate of drug-likeness (QED) is 0.620. The van der Waals surface area contributed by atoms with Crippen molar-refractivity contribution in [1.29, 1.82) is 0 Å². The van der Waals surface area contributed by atoms with Gasteiger partial charge in [0.2, 0.25) is 0 Å². The number of rotatable bonds is 5. The lowest BCUT2D eigenvalue weighted by molar-refractivity contribution is -0.384. The first-order chi connectivity index (χ1) is 12.7. The van der Waals surface area contributed by atoms with Crippen molar-refractivity contribution in [2.24, 2.45) is 0 Å². The normalized spacial score (nSPS) is 15.6. The van der Waals surface area contributed by atoms with Crippen molar-refractivity contribution in [2.45, 2.75) is 19.9 Å². The monoisotopic (exact) mass is 390 g/mol. The Hall–Kier alpha value is -3.14. The molecule has 0 aliphatic carbocycles. The average Bonchev–Trinajstić information content (AvgIpc) is 2.61. The second-order valence-corrected chi connectivity index (χ2v) is 7.91. The zero-order valence-corrected chi connectivity index (χ0v) is 15.5. The van der Waals surface area contributed by atoms with Crippen LogP contribution in [-0.4, -0.2) is 36.3 Å². The van der Waals surface area contributed by atoms with Crippen LogP contribution in [0, 0.1) is 10.1 Å². The summed E-state index contributed by atoms with van der Waals surface area (Å²) >= 11 is 0. The van der Waals surface area contributed by atoms with Gasteiger partial charge in [-0.3, -0.25) is 14.9 Å². The fraction of sp³-hybridized carbons (Fsp3) is 0.235. The van der Waals surface area contributed by atoms with Gasteiger partial charge in [0.1, 0.15) is 12.4 Å². The van der Waals surface area contributed by atoms with Crippen LogP contribution in [0.5, 0.6) is 0 Å². The van der Waals surface area contributed by atoms with Gasteiger partial charge in [0.05, 0.1) is 16.2 Å². The topological polar surface area (TPSA) is 113 Å². The fourth-order valence-electron chi connectivity index (χ4n) is 2.93. The van der Waals surface area contributed by atoms with Crippen molar-refractivity contribution < 1.29 is 18.1 Å². The molecule has 0 radical (unpaired) electrons. The third-order valence-corrected chi connectivity index (χ3v) is 6.08. The van der Waals surface area contributed by atoms with E-state index in [1.54, 1.807) is 38.1 Å². The van der Waals surface area contributed by atoms with Gasteiger partial charge in [0.25, 0.3) is 11.6 Å². The number of nitro benzene ring substituents is 1. The number of anilines is 2. The molecule has 2 aromatic rings. The first-order valence-electron chi connectivity index (χ1n) is 8.18. The molecule has 0 fully saturated rings. The lowest BCUT2D eigenvalue weighted by atomic mass is 10.1. The summed E-state index contributed by atoms with van der Waals surface area (Å²) in [7, 11) is -4.14. The molecule has 2 aromatic carbocycles. The lowest BCUT2D eigenvalue weighted by Crippen LogP contribution is -2.55. The van der Waals surface area contributed by atoms with Gasteiger partial charge in [-0.1, -0.05) is 24.3 Å². The average molecular weight is 390 g/mol. The molecular weight excluding hydrogens is 372 g/mol. The van der Waals surface area contributed by atoms with Crippen LogP contribution < -0.4 is 9.62 Å². The number of hydrogen-bond acceptors (Lipinski definition) is 6. The van der Waals surface area contributed by atoms with Gasteiger partial charge in [0.15, 0.2) is 0 Å². The Morgan fingerprint density at radius 1 is 1.11 bits per heavy atom. The molecule has 0 spiro atoms. The minimum atomic E-state index is -4.14. The van der Waals surface area contributed by atoms with Crippen LogP contribution in [0.25, 0.3) is 0 Å². The maximum Gasteiger partial charge on any atom is 0.330 e. The molecule has 1 aliphatic heterocycles. The predicted octanol–water partition coefficient (Wildman–Crippen LogP) is 2.58. The SMILES string of the molecule is CC(C)N1C(=O)c2ccccc2N(CNc2ccccc2[N+](=O)[O-])S1(=O)=O.